The second-order valence-corrected chi connectivity index (χ2v) is 6.67. The number of benzene rings is 2. The van der Waals surface area contributed by atoms with Crippen molar-refractivity contribution < 1.29 is 9.59 Å². The van der Waals surface area contributed by atoms with Crippen LogP contribution in [0.4, 0.5) is 17.2 Å². The molecule has 28 heavy (non-hydrogen) atoms. The minimum atomic E-state index is -0.482. The third-order valence-corrected chi connectivity index (χ3v) is 4.22. The largest absolute Gasteiger partial charge is 0.382 e. The van der Waals surface area contributed by atoms with Gasteiger partial charge >= 0.3 is 0 Å². The maximum Gasteiger partial charge on any atom is 0.280 e. The zero-order valence-electron chi connectivity index (χ0n) is 16.0. The molecule has 2 aromatic carbocycles. The van der Waals surface area contributed by atoms with Crippen LogP contribution in [0.25, 0.3) is 0 Å². The summed E-state index contributed by atoms with van der Waals surface area (Å²) in [6, 6.07) is 13.2. The number of rotatable bonds is 5. The van der Waals surface area contributed by atoms with Gasteiger partial charge in [0.05, 0.1) is 0 Å². The van der Waals surface area contributed by atoms with Crippen molar-refractivity contribution >= 4 is 29.0 Å². The summed E-state index contributed by atoms with van der Waals surface area (Å²) in [6.45, 7) is 5.63. The van der Waals surface area contributed by atoms with Gasteiger partial charge in [-0.25, -0.2) is 4.68 Å². The number of aromatic nitrogens is 3. The highest BCUT2D eigenvalue weighted by atomic mass is 16.2. The third kappa shape index (κ3) is 4.35. The number of aryl methyl sites for hydroxylation is 3. The summed E-state index contributed by atoms with van der Waals surface area (Å²) in [5, 5.41) is 13.2. The van der Waals surface area contributed by atoms with Gasteiger partial charge in [0, 0.05) is 11.4 Å². The highest BCUT2D eigenvalue weighted by Crippen LogP contribution is 2.17. The number of nitrogens with two attached hydrogens (primary N) is 1. The molecule has 0 spiro atoms. The Bertz CT molecular complexity index is 1040. The Balaban J connectivity index is 1.69. The lowest BCUT2D eigenvalue weighted by Gasteiger charge is -2.10. The quantitative estimate of drug-likeness (QED) is 0.631. The molecule has 0 unspecified atom stereocenters. The Morgan fingerprint density at radius 2 is 1.79 bits per heavy atom. The van der Waals surface area contributed by atoms with E-state index in [1.165, 1.54) is 4.68 Å². The van der Waals surface area contributed by atoms with E-state index in [0.29, 0.717) is 5.69 Å². The van der Waals surface area contributed by atoms with Crippen molar-refractivity contribution in [2.24, 2.45) is 0 Å². The lowest BCUT2D eigenvalue weighted by Crippen LogP contribution is -2.22. The van der Waals surface area contributed by atoms with Crippen molar-refractivity contribution in [2.45, 2.75) is 27.3 Å². The van der Waals surface area contributed by atoms with Crippen LogP contribution in [0.5, 0.6) is 0 Å². The number of nitrogen functional groups attached to an aromatic ring is 1. The number of anilines is 3. The Hall–Kier alpha value is -3.68. The molecule has 8 heteroatoms. The fourth-order valence-electron chi connectivity index (χ4n) is 2.71. The third-order valence-electron chi connectivity index (χ3n) is 4.22. The first kappa shape index (κ1) is 19.1. The molecule has 0 aliphatic rings. The predicted octanol–water partition coefficient (Wildman–Crippen LogP) is 2.68. The Morgan fingerprint density at radius 1 is 1.04 bits per heavy atom. The normalized spacial score (nSPS) is 10.5. The van der Waals surface area contributed by atoms with Crippen molar-refractivity contribution in [2.75, 3.05) is 16.4 Å². The van der Waals surface area contributed by atoms with E-state index in [9.17, 15) is 9.59 Å². The highest BCUT2D eigenvalue weighted by molar-refractivity contribution is 6.05. The fourth-order valence-corrected chi connectivity index (χ4v) is 2.71. The topological polar surface area (TPSA) is 115 Å². The molecule has 0 aliphatic carbocycles. The van der Waals surface area contributed by atoms with Crippen molar-refractivity contribution in [3.63, 3.8) is 0 Å². The monoisotopic (exact) mass is 378 g/mol. The summed E-state index contributed by atoms with van der Waals surface area (Å²) >= 11 is 0. The van der Waals surface area contributed by atoms with Gasteiger partial charge in [-0.3, -0.25) is 9.59 Å². The van der Waals surface area contributed by atoms with Crippen LogP contribution in [0.2, 0.25) is 0 Å². The van der Waals surface area contributed by atoms with E-state index < -0.39 is 5.91 Å². The number of nitrogens with zero attached hydrogens (tertiary/aromatic N) is 3. The van der Waals surface area contributed by atoms with Crippen LogP contribution in [0, 0.1) is 20.8 Å². The first-order chi connectivity index (χ1) is 13.3. The average Bonchev–Trinajstić information content (AvgIpc) is 2.99. The summed E-state index contributed by atoms with van der Waals surface area (Å²) in [5.41, 5.74) is 10.3. The van der Waals surface area contributed by atoms with Gasteiger partial charge in [0.15, 0.2) is 11.5 Å². The van der Waals surface area contributed by atoms with Gasteiger partial charge < -0.3 is 16.4 Å². The van der Waals surface area contributed by atoms with Crippen LogP contribution in [-0.2, 0) is 11.3 Å². The molecule has 3 rings (SSSR count). The molecule has 1 heterocycles. The summed E-state index contributed by atoms with van der Waals surface area (Å²) < 4.78 is 1.20. The number of hydrogen-bond donors (Lipinski definition) is 3. The van der Waals surface area contributed by atoms with Crippen molar-refractivity contribution in [1.82, 2.24) is 15.0 Å². The van der Waals surface area contributed by atoms with Crippen molar-refractivity contribution in [1.29, 1.82) is 0 Å². The van der Waals surface area contributed by atoms with Crippen LogP contribution in [0.1, 0.15) is 27.2 Å². The molecule has 0 fully saturated rings. The molecule has 1 aromatic heterocycles. The summed E-state index contributed by atoms with van der Waals surface area (Å²) in [4.78, 5) is 24.8. The van der Waals surface area contributed by atoms with Gasteiger partial charge in [0.1, 0.15) is 6.54 Å². The smallest absolute Gasteiger partial charge is 0.280 e. The molecule has 0 radical (unpaired) electrons. The number of nitrogens with one attached hydrogen (secondary N) is 2. The van der Waals surface area contributed by atoms with Crippen molar-refractivity contribution in [3.05, 3.63) is 64.8 Å². The van der Waals surface area contributed by atoms with E-state index in [4.69, 9.17) is 5.73 Å². The van der Waals surface area contributed by atoms with Gasteiger partial charge in [-0.05, 0) is 55.7 Å². The molecule has 0 aliphatic heterocycles. The molecule has 0 atom stereocenters. The molecule has 2 amide bonds. The summed E-state index contributed by atoms with van der Waals surface area (Å²) in [5.74, 6) is -0.763. The summed E-state index contributed by atoms with van der Waals surface area (Å²) in [7, 11) is 0. The minimum Gasteiger partial charge on any atom is -0.382 e. The fraction of sp³-hybridized carbons (Fsp3) is 0.200. The van der Waals surface area contributed by atoms with E-state index in [-0.39, 0.29) is 24.0 Å². The second-order valence-electron chi connectivity index (χ2n) is 6.67. The first-order valence-electron chi connectivity index (χ1n) is 8.77. The number of carbonyl (C=O) groups excluding carboxylic acids is 2. The van der Waals surface area contributed by atoms with Crippen LogP contribution >= 0.6 is 0 Å². The maximum atomic E-state index is 12.4. The number of amides is 2. The molecule has 0 saturated carbocycles. The van der Waals surface area contributed by atoms with Crippen LogP contribution in [-0.4, -0.2) is 26.8 Å². The Kier molecular flexibility index (Phi) is 5.39. The zero-order chi connectivity index (χ0) is 20.3. The average molecular weight is 378 g/mol. The molecule has 0 saturated heterocycles. The molecule has 4 N–H and O–H groups in total. The van der Waals surface area contributed by atoms with E-state index in [1.807, 2.05) is 57.2 Å². The SMILES string of the molecule is Cc1cccc(NC(=O)c2nnn(CC(=O)Nc3cc(C)ccc3C)c2N)c1. The van der Waals surface area contributed by atoms with Gasteiger partial charge in [0.2, 0.25) is 5.91 Å². The van der Waals surface area contributed by atoms with E-state index in [2.05, 4.69) is 20.9 Å². The minimum absolute atomic E-state index is 0.0268. The number of carbonyl (C=O) groups is 2. The standard InChI is InChI=1S/C20H22N6O2/c1-12-5-4-6-15(9-12)22-20(28)18-19(21)26(25-24-18)11-17(27)23-16-10-13(2)7-8-14(16)3/h4-10H,11,21H2,1-3H3,(H,22,28)(H,23,27). The molecule has 144 valence electrons. The highest BCUT2D eigenvalue weighted by Gasteiger charge is 2.19. The van der Waals surface area contributed by atoms with Gasteiger partial charge in [-0.2, -0.15) is 0 Å². The van der Waals surface area contributed by atoms with E-state index in [0.717, 1.165) is 22.4 Å². The van der Waals surface area contributed by atoms with E-state index in [1.54, 1.807) is 6.07 Å². The molecule has 8 nitrogen and oxygen atoms in total. The number of hydrogen-bond acceptors (Lipinski definition) is 5. The Labute approximate surface area is 162 Å². The van der Waals surface area contributed by atoms with Gasteiger partial charge in [-0.1, -0.05) is 29.5 Å². The zero-order valence-corrected chi connectivity index (χ0v) is 16.0. The lowest BCUT2D eigenvalue weighted by molar-refractivity contribution is -0.116. The van der Waals surface area contributed by atoms with Crippen LogP contribution < -0.4 is 16.4 Å². The van der Waals surface area contributed by atoms with Crippen LogP contribution in [0.15, 0.2) is 42.5 Å². The molecular formula is C20H22N6O2. The molecule has 3 aromatic rings. The molecule has 0 bridgehead atoms. The lowest BCUT2D eigenvalue weighted by atomic mass is 10.1. The van der Waals surface area contributed by atoms with E-state index >= 15 is 0 Å². The van der Waals surface area contributed by atoms with Crippen molar-refractivity contribution in [3.8, 4) is 0 Å². The maximum absolute atomic E-state index is 12.4. The summed E-state index contributed by atoms with van der Waals surface area (Å²) in [6.07, 6.45) is 0. The van der Waals surface area contributed by atoms with Crippen LogP contribution in [0.3, 0.4) is 0 Å². The van der Waals surface area contributed by atoms with Gasteiger partial charge in [0.25, 0.3) is 5.91 Å². The van der Waals surface area contributed by atoms with Gasteiger partial charge in [-0.15, -0.1) is 5.10 Å². The first-order valence-corrected chi connectivity index (χ1v) is 8.77. The second kappa shape index (κ2) is 7.91. The molecular weight excluding hydrogens is 356 g/mol. The predicted molar refractivity (Wildman–Crippen MR) is 108 cm³/mol. The Morgan fingerprint density at radius 3 is 2.54 bits per heavy atom.